The fraction of sp³-hybridized carbons (Fsp3) is 0.0370. The molecule has 1 aliphatic carbocycles. The van der Waals surface area contributed by atoms with Gasteiger partial charge < -0.3 is 4.57 Å². The van der Waals surface area contributed by atoms with Crippen LogP contribution in [0.25, 0.3) is 16.7 Å². The highest BCUT2D eigenvalue weighted by atomic mass is 35.5. The second kappa shape index (κ2) is 7.76. The molecule has 1 aliphatic rings. The van der Waals surface area contributed by atoms with Gasteiger partial charge in [0.05, 0.1) is 0 Å². The van der Waals surface area contributed by atoms with E-state index in [0.717, 1.165) is 27.3 Å². The predicted molar refractivity (Wildman–Crippen MR) is 128 cm³/mol. The second-order valence-electron chi connectivity index (χ2n) is 7.44. The van der Waals surface area contributed by atoms with Gasteiger partial charge in [0, 0.05) is 27.4 Å². The quantitative estimate of drug-likeness (QED) is 0.293. The van der Waals surface area contributed by atoms with Gasteiger partial charge >= 0.3 is 0 Å². The van der Waals surface area contributed by atoms with E-state index in [9.17, 15) is 4.57 Å². The Balaban J connectivity index is 1.70. The van der Waals surface area contributed by atoms with E-state index in [1.165, 1.54) is 11.1 Å². The summed E-state index contributed by atoms with van der Waals surface area (Å²) >= 11 is 7.03. The smallest absolute Gasteiger partial charge is 0.148 e. The number of benzene rings is 4. The summed E-state index contributed by atoms with van der Waals surface area (Å²) < 4.78 is 14.5. The second-order valence-corrected chi connectivity index (χ2v) is 10.7. The molecule has 3 heteroatoms. The topological polar surface area (TPSA) is 17.1 Å². The molecule has 146 valence electrons. The lowest BCUT2D eigenvalue weighted by Gasteiger charge is -2.20. The first-order valence-electron chi connectivity index (χ1n) is 9.96. The first kappa shape index (κ1) is 19.1. The van der Waals surface area contributed by atoms with Crippen molar-refractivity contribution in [2.75, 3.05) is 6.16 Å². The summed E-state index contributed by atoms with van der Waals surface area (Å²) in [6, 6.07) is 36.0. The van der Waals surface area contributed by atoms with Crippen LogP contribution in [-0.2, 0) is 4.57 Å². The number of fused-ring (bicyclic) bond motifs is 3. The van der Waals surface area contributed by atoms with Crippen LogP contribution in [0.4, 0.5) is 0 Å². The zero-order valence-electron chi connectivity index (χ0n) is 16.3. The highest BCUT2D eigenvalue weighted by Gasteiger charge is 2.32. The average Bonchev–Trinajstić information content (AvgIpc) is 3.15. The lowest BCUT2D eigenvalue weighted by molar-refractivity contribution is 0.588. The molecule has 0 N–H and O–H groups in total. The molecular formula is C27H20ClOP. The standard InChI is InChI=1S/C27H20ClOP/c28-26(27-24-17-9-7-15-22(24)23-16-8-10-18-25(23)27)19-30(29,20-11-3-1-4-12-20)21-13-5-2-6-14-21/h1-18H,19H2. The molecule has 0 saturated carbocycles. The van der Waals surface area contributed by atoms with Gasteiger partial charge in [-0.15, -0.1) is 0 Å². The minimum Gasteiger partial charge on any atom is -0.313 e. The summed E-state index contributed by atoms with van der Waals surface area (Å²) in [5.41, 5.74) is 5.56. The molecule has 0 amide bonds. The molecule has 4 aromatic rings. The summed E-state index contributed by atoms with van der Waals surface area (Å²) in [4.78, 5) is 0. The third-order valence-corrected chi connectivity index (χ3v) is 9.20. The number of halogens is 1. The Morgan fingerprint density at radius 2 is 0.933 bits per heavy atom. The number of rotatable bonds is 4. The molecule has 30 heavy (non-hydrogen) atoms. The SMILES string of the molecule is O=P(CC(Cl)=C1c2ccccc2-c2ccccc21)(c1ccccc1)c1ccccc1. The molecule has 0 aliphatic heterocycles. The fourth-order valence-electron chi connectivity index (χ4n) is 4.25. The molecule has 5 rings (SSSR count). The number of hydrogen-bond acceptors (Lipinski definition) is 1. The lowest BCUT2D eigenvalue weighted by atomic mass is 10.0. The van der Waals surface area contributed by atoms with Crippen LogP contribution >= 0.6 is 18.7 Å². The van der Waals surface area contributed by atoms with Crippen LogP contribution < -0.4 is 10.6 Å². The van der Waals surface area contributed by atoms with Crippen molar-refractivity contribution in [2.24, 2.45) is 0 Å². The van der Waals surface area contributed by atoms with Gasteiger partial charge in [-0.1, -0.05) is 121 Å². The van der Waals surface area contributed by atoms with E-state index < -0.39 is 7.14 Å². The molecule has 0 spiro atoms. The van der Waals surface area contributed by atoms with Crippen molar-refractivity contribution >= 4 is 34.9 Å². The molecule has 0 aromatic heterocycles. The minimum absolute atomic E-state index is 0.292. The first-order valence-corrected chi connectivity index (χ1v) is 12.2. The van der Waals surface area contributed by atoms with Gasteiger partial charge in [0.2, 0.25) is 0 Å². The molecule has 4 aromatic carbocycles. The monoisotopic (exact) mass is 426 g/mol. The normalized spacial score (nSPS) is 12.4. The minimum atomic E-state index is -2.95. The third-order valence-electron chi connectivity index (χ3n) is 5.66. The molecule has 0 heterocycles. The van der Waals surface area contributed by atoms with E-state index >= 15 is 0 Å². The Labute approximate surface area is 182 Å². The van der Waals surface area contributed by atoms with Gasteiger partial charge in [0.15, 0.2) is 0 Å². The summed E-state index contributed by atoms with van der Waals surface area (Å²) in [6.07, 6.45) is 0.292. The van der Waals surface area contributed by atoms with Crippen molar-refractivity contribution in [3.8, 4) is 11.1 Å². The zero-order valence-corrected chi connectivity index (χ0v) is 18.0. The van der Waals surface area contributed by atoms with Crippen molar-refractivity contribution in [3.63, 3.8) is 0 Å². The van der Waals surface area contributed by atoms with E-state index in [2.05, 4.69) is 24.3 Å². The Morgan fingerprint density at radius 1 is 0.567 bits per heavy atom. The summed E-state index contributed by atoms with van der Waals surface area (Å²) in [6.45, 7) is 0. The Morgan fingerprint density at radius 3 is 1.37 bits per heavy atom. The number of hydrogen-bond donors (Lipinski definition) is 0. The predicted octanol–water partition coefficient (Wildman–Crippen LogP) is 6.68. The molecule has 1 nitrogen and oxygen atoms in total. The Kier molecular flexibility index (Phi) is 4.95. The van der Waals surface area contributed by atoms with Gasteiger partial charge in [-0.25, -0.2) is 0 Å². The lowest BCUT2D eigenvalue weighted by Crippen LogP contribution is -2.18. The molecule has 0 unspecified atom stereocenters. The Hall–Kier alpha value is -2.86. The van der Waals surface area contributed by atoms with Crippen LogP contribution in [0.15, 0.2) is 114 Å². The largest absolute Gasteiger partial charge is 0.313 e. The average molecular weight is 427 g/mol. The van der Waals surface area contributed by atoms with Crippen LogP contribution in [-0.4, -0.2) is 6.16 Å². The zero-order chi connectivity index (χ0) is 20.6. The first-order chi connectivity index (χ1) is 14.7. The molecular weight excluding hydrogens is 407 g/mol. The third kappa shape index (κ3) is 3.16. The summed E-state index contributed by atoms with van der Waals surface area (Å²) in [7, 11) is -2.95. The van der Waals surface area contributed by atoms with Crippen molar-refractivity contribution < 1.29 is 4.57 Å². The molecule has 0 atom stereocenters. The van der Waals surface area contributed by atoms with Gasteiger partial charge in [-0.3, -0.25) is 0 Å². The van der Waals surface area contributed by atoms with Crippen LogP contribution in [0, 0.1) is 0 Å². The van der Waals surface area contributed by atoms with Crippen molar-refractivity contribution in [1.29, 1.82) is 0 Å². The van der Waals surface area contributed by atoms with Crippen molar-refractivity contribution in [2.45, 2.75) is 0 Å². The molecule has 0 bridgehead atoms. The highest BCUT2D eigenvalue weighted by molar-refractivity contribution is 7.79. The van der Waals surface area contributed by atoms with Crippen LogP contribution in [0.2, 0.25) is 0 Å². The van der Waals surface area contributed by atoms with E-state index in [1.54, 1.807) is 0 Å². The molecule has 0 fully saturated rings. The van der Waals surface area contributed by atoms with E-state index in [1.807, 2.05) is 84.9 Å². The van der Waals surface area contributed by atoms with E-state index in [-0.39, 0.29) is 0 Å². The van der Waals surface area contributed by atoms with Gasteiger partial charge in [-0.05, 0) is 22.3 Å². The van der Waals surface area contributed by atoms with Crippen molar-refractivity contribution in [3.05, 3.63) is 125 Å². The molecule has 0 saturated heterocycles. The van der Waals surface area contributed by atoms with E-state index in [0.29, 0.717) is 11.2 Å². The highest BCUT2D eigenvalue weighted by Crippen LogP contribution is 2.51. The number of allylic oxidation sites excluding steroid dienone is 1. The van der Waals surface area contributed by atoms with Gasteiger partial charge in [-0.2, -0.15) is 0 Å². The van der Waals surface area contributed by atoms with Gasteiger partial charge in [0.25, 0.3) is 0 Å². The van der Waals surface area contributed by atoms with Crippen molar-refractivity contribution in [1.82, 2.24) is 0 Å². The molecule has 0 radical (unpaired) electrons. The summed E-state index contributed by atoms with van der Waals surface area (Å²) in [5.74, 6) is 0. The van der Waals surface area contributed by atoms with Crippen LogP contribution in [0.3, 0.4) is 0 Å². The fourth-order valence-corrected chi connectivity index (χ4v) is 7.48. The van der Waals surface area contributed by atoms with Crippen LogP contribution in [0.1, 0.15) is 11.1 Å². The van der Waals surface area contributed by atoms with E-state index in [4.69, 9.17) is 11.6 Å². The Bertz CT molecular complexity index is 1200. The van der Waals surface area contributed by atoms with Crippen LogP contribution in [0.5, 0.6) is 0 Å². The maximum absolute atomic E-state index is 14.5. The maximum atomic E-state index is 14.5. The summed E-state index contributed by atoms with van der Waals surface area (Å²) in [5, 5.41) is 2.30. The van der Waals surface area contributed by atoms with Gasteiger partial charge in [0.1, 0.15) is 7.14 Å². The maximum Gasteiger partial charge on any atom is 0.148 e.